The van der Waals surface area contributed by atoms with Crippen molar-refractivity contribution in [3.8, 4) is 22.5 Å². The highest BCUT2D eigenvalue weighted by atomic mass is 35.5. The standard InChI is InChI=1S/C24H21ClN4O/c25-19-13-17(22(26)30)14-29-21(16-5-2-1-3-6-16)20(28-23(19)29)15-7-9-18(10-8-15)24(27)11-4-12-24/h1-3,5-10,13-14H,4,11-12,27H2,(H2,26,30). The van der Waals surface area contributed by atoms with Gasteiger partial charge in [0, 0.05) is 22.9 Å². The second-order valence-corrected chi connectivity index (χ2v) is 8.30. The maximum atomic E-state index is 11.8. The van der Waals surface area contributed by atoms with Crippen molar-refractivity contribution in [1.29, 1.82) is 0 Å². The van der Waals surface area contributed by atoms with Crippen molar-refractivity contribution in [3.05, 3.63) is 83.0 Å². The largest absolute Gasteiger partial charge is 0.366 e. The summed E-state index contributed by atoms with van der Waals surface area (Å²) in [5, 5.41) is 0.377. The second-order valence-electron chi connectivity index (χ2n) is 7.90. The summed E-state index contributed by atoms with van der Waals surface area (Å²) in [6.45, 7) is 0. The van der Waals surface area contributed by atoms with Crippen molar-refractivity contribution in [1.82, 2.24) is 9.38 Å². The van der Waals surface area contributed by atoms with Gasteiger partial charge in [-0.2, -0.15) is 0 Å². The molecule has 150 valence electrons. The molecule has 4 N–H and O–H groups in total. The van der Waals surface area contributed by atoms with E-state index < -0.39 is 5.91 Å². The van der Waals surface area contributed by atoms with E-state index in [1.165, 1.54) is 6.42 Å². The molecule has 1 amide bonds. The molecular weight excluding hydrogens is 396 g/mol. The zero-order valence-corrected chi connectivity index (χ0v) is 17.1. The summed E-state index contributed by atoms with van der Waals surface area (Å²) in [6.07, 6.45) is 4.90. The fraction of sp³-hybridized carbons (Fsp3) is 0.167. The quantitative estimate of drug-likeness (QED) is 0.503. The first-order valence-corrected chi connectivity index (χ1v) is 10.3. The molecule has 1 aliphatic rings. The number of benzene rings is 2. The summed E-state index contributed by atoms with van der Waals surface area (Å²) in [6, 6.07) is 19.8. The molecule has 5 rings (SSSR count). The summed E-state index contributed by atoms with van der Waals surface area (Å²) < 4.78 is 1.84. The van der Waals surface area contributed by atoms with E-state index in [1.54, 1.807) is 12.3 Å². The monoisotopic (exact) mass is 416 g/mol. The van der Waals surface area contributed by atoms with E-state index in [9.17, 15) is 4.79 Å². The molecule has 30 heavy (non-hydrogen) atoms. The lowest BCUT2D eigenvalue weighted by Crippen LogP contribution is -2.43. The van der Waals surface area contributed by atoms with Gasteiger partial charge in [-0.15, -0.1) is 0 Å². The first-order valence-electron chi connectivity index (χ1n) is 9.93. The molecule has 0 unspecified atom stereocenters. The van der Waals surface area contributed by atoms with Crippen molar-refractivity contribution in [2.24, 2.45) is 11.5 Å². The summed E-state index contributed by atoms with van der Waals surface area (Å²) in [7, 11) is 0. The molecule has 4 aromatic rings. The predicted octanol–water partition coefficient (Wildman–Crippen LogP) is 4.76. The summed E-state index contributed by atoms with van der Waals surface area (Å²) >= 11 is 6.47. The minimum atomic E-state index is -0.536. The van der Waals surface area contributed by atoms with Crippen LogP contribution < -0.4 is 11.5 Å². The van der Waals surface area contributed by atoms with Gasteiger partial charge in [-0.05, 0) is 30.9 Å². The van der Waals surface area contributed by atoms with Gasteiger partial charge >= 0.3 is 0 Å². The van der Waals surface area contributed by atoms with Crippen molar-refractivity contribution in [2.75, 3.05) is 0 Å². The number of aromatic nitrogens is 2. The topological polar surface area (TPSA) is 86.4 Å². The molecule has 1 fully saturated rings. The first-order chi connectivity index (χ1) is 14.5. The van der Waals surface area contributed by atoms with Crippen LogP contribution in [0.15, 0.2) is 66.9 Å². The summed E-state index contributed by atoms with van der Waals surface area (Å²) in [4.78, 5) is 16.6. The van der Waals surface area contributed by atoms with Crippen LogP contribution in [0.2, 0.25) is 5.02 Å². The number of primary amides is 1. The number of halogens is 1. The number of carbonyl (C=O) groups is 1. The molecule has 6 heteroatoms. The van der Waals surface area contributed by atoms with Gasteiger partial charge in [0.05, 0.1) is 22.0 Å². The second kappa shape index (κ2) is 6.97. The molecule has 0 saturated heterocycles. The van der Waals surface area contributed by atoms with E-state index >= 15 is 0 Å². The number of hydrogen-bond acceptors (Lipinski definition) is 3. The van der Waals surface area contributed by atoms with Gasteiger partial charge in [-0.3, -0.25) is 9.20 Å². The number of carbonyl (C=O) groups excluding carboxylic acids is 1. The zero-order valence-electron chi connectivity index (χ0n) is 16.3. The van der Waals surface area contributed by atoms with Crippen LogP contribution in [0.4, 0.5) is 0 Å². The third kappa shape index (κ3) is 2.98. The number of rotatable bonds is 4. The van der Waals surface area contributed by atoms with Crippen LogP contribution in [0.3, 0.4) is 0 Å². The van der Waals surface area contributed by atoms with Crippen molar-refractivity contribution < 1.29 is 4.79 Å². The Kier molecular flexibility index (Phi) is 4.38. The van der Waals surface area contributed by atoms with Crippen molar-refractivity contribution >= 4 is 23.2 Å². The van der Waals surface area contributed by atoms with E-state index in [4.69, 9.17) is 28.1 Å². The third-order valence-corrected chi connectivity index (χ3v) is 6.26. The van der Waals surface area contributed by atoms with Crippen LogP contribution in [0.5, 0.6) is 0 Å². The number of fused-ring (bicyclic) bond motifs is 1. The summed E-state index contributed by atoms with van der Waals surface area (Å²) in [5.41, 5.74) is 17.4. The number of amides is 1. The van der Waals surface area contributed by atoms with Gasteiger partial charge in [0.15, 0.2) is 5.65 Å². The zero-order chi connectivity index (χ0) is 20.9. The van der Waals surface area contributed by atoms with Crippen LogP contribution in [-0.4, -0.2) is 15.3 Å². The Balaban J connectivity index is 1.73. The Bertz CT molecular complexity index is 1260. The lowest BCUT2D eigenvalue weighted by atomic mass is 9.72. The Morgan fingerprint density at radius 1 is 1.03 bits per heavy atom. The Hall–Kier alpha value is -3.15. The molecule has 1 saturated carbocycles. The highest BCUT2D eigenvalue weighted by Crippen LogP contribution is 2.40. The van der Waals surface area contributed by atoms with Crippen LogP contribution in [-0.2, 0) is 5.54 Å². The minimum Gasteiger partial charge on any atom is -0.366 e. The molecule has 0 bridgehead atoms. The van der Waals surface area contributed by atoms with E-state index in [0.717, 1.165) is 40.9 Å². The van der Waals surface area contributed by atoms with E-state index in [-0.39, 0.29) is 5.54 Å². The van der Waals surface area contributed by atoms with Gasteiger partial charge in [-0.1, -0.05) is 66.2 Å². The summed E-state index contributed by atoms with van der Waals surface area (Å²) in [5.74, 6) is -0.536. The average molecular weight is 417 g/mol. The predicted molar refractivity (Wildman–Crippen MR) is 119 cm³/mol. The smallest absolute Gasteiger partial charge is 0.250 e. The van der Waals surface area contributed by atoms with Gasteiger partial charge in [0.1, 0.15) is 0 Å². The molecule has 2 aromatic carbocycles. The Morgan fingerprint density at radius 2 is 1.73 bits per heavy atom. The lowest BCUT2D eigenvalue weighted by molar-refractivity contribution is 0.1000. The van der Waals surface area contributed by atoms with Gasteiger partial charge in [0.25, 0.3) is 0 Å². The van der Waals surface area contributed by atoms with E-state index in [2.05, 4.69) is 24.3 Å². The SMILES string of the molecule is NC(=O)c1cc(Cl)c2nc(-c3ccc(C4(N)CCC4)cc3)c(-c3ccccc3)n2c1. The van der Waals surface area contributed by atoms with Crippen LogP contribution in [0.1, 0.15) is 35.2 Å². The lowest BCUT2D eigenvalue weighted by Gasteiger charge is -2.38. The van der Waals surface area contributed by atoms with Gasteiger partial charge < -0.3 is 11.5 Å². The maximum absolute atomic E-state index is 11.8. The van der Waals surface area contributed by atoms with E-state index in [1.807, 2.05) is 34.7 Å². The Morgan fingerprint density at radius 3 is 2.33 bits per heavy atom. The molecular formula is C24H21ClN4O. The number of imidazole rings is 1. The molecule has 0 atom stereocenters. The normalized spacial score (nSPS) is 15.1. The first kappa shape index (κ1) is 18.9. The minimum absolute atomic E-state index is 0.209. The van der Waals surface area contributed by atoms with Gasteiger partial charge in [0.2, 0.25) is 5.91 Å². The van der Waals surface area contributed by atoms with Crippen LogP contribution in [0, 0.1) is 0 Å². The highest BCUT2D eigenvalue weighted by Gasteiger charge is 2.34. The molecule has 5 nitrogen and oxygen atoms in total. The van der Waals surface area contributed by atoms with Crippen molar-refractivity contribution in [3.63, 3.8) is 0 Å². The number of nitrogens with zero attached hydrogens (tertiary/aromatic N) is 2. The molecule has 0 radical (unpaired) electrons. The van der Waals surface area contributed by atoms with Crippen LogP contribution in [0.25, 0.3) is 28.2 Å². The molecule has 1 aliphatic carbocycles. The van der Waals surface area contributed by atoms with Crippen molar-refractivity contribution in [2.45, 2.75) is 24.8 Å². The fourth-order valence-corrected chi connectivity index (χ4v) is 4.37. The molecule has 2 heterocycles. The molecule has 0 aliphatic heterocycles. The Labute approximate surface area is 179 Å². The molecule has 0 spiro atoms. The maximum Gasteiger partial charge on any atom is 0.250 e. The molecule has 2 aromatic heterocycles. The fourth-order valence-electron chi connectivity index (χ4n) is 4.12. The average Bonchev–Trinajstić information content (AvgIpc) is 3.13. The van der Waals surface area contributed by atoms with E-state index in [0.29, 0.717) is 16.2 Å². The van der Waals surface area contributed by atoms with Gasteiger partial charge in [-0.25, -0.2) is 4.98 Å². The van der Waals surface area contributed by atoms with Crippen LogP contribution >= 0.6 is 11.6 Å². The number of hydrogen-bond donors (Lipinski definition) is 2. The number of pyridine rings is 1. The third-order valence-electron chi connectivity index (χ3n) is 5.99. The highest BCUT2D eigenvalue weighted by molar-refractivity contribution is 6.34. The number of nitrogens with two attached hydrogens (primary N) is 2.